The van der Waals surface area contributed by atoms with Gasteiger partial charge in [0.1, 0.15) is 17.4 Å². The van der Waals surface area contributed by atoms with Gasteiger partial charge >= 0.3 is 5.97 Å². The zero-order chi connectivity index (χ0) is 32.5. The van der Waals surface area contributed by atoms with Crippen LogP contribution >= 0.6 is 0 Å². The molecule has 238 valence electrons. The van der Waals surface area contributed by atoms with E-state index < -0.39 is 23.5 Å². The first-order valence-corrected chi connectivity index (χ1v) is 15.1. The second-order valence-corrected chi connectivity index (χ2v) is 12.6. The Labute approximate surface area is 263 Å². The number of methoxy groups -OCH3 is 1. The number of fused-ring (bicyclic) bond motifs is 1. The summed E-state index contributed by atoms with van der Waals surface area (Å²) < 4.78 is 33.5. The number of nitrogens with zero attached hydrogens (tertiary/aromatic N) is 4. The van der Waals surface area contributed by atoms with Gasteiger partial charge in [-0.15, -0.1) is 6.58 Å². The third-order valence-corrected chi connectivity index (χ3v) is 8.05. The van der Waals surface area contributed by atoms with Crippen LogP contribution in [-0.4, -0.2) is 63.7 Å². The molecular weight excluding hydrogens is 575 g/mol. The van der Waals surface area contributed by atoms with Crippen LogP contribution in [0.3, 0.4) is 0 Å². The predicted molar refractivity (Wildman–Crippen MR) is 172 cm³/mol. The number of piperidine rings is 1. The average molecular weight is 617 g/mol. The number of anilines is 1. The molecule has 9 nitrogen and oxygen atoms in total. The van der Waals surface area contributed by atoms with Crippen molar-refractivity contribution in [2.75, 3.05) is 31.7 Å². The quantitative estimate of drug-likeness (QED) is 0.162. The lowest BCUT2D eigenvalue weighted by molar-refractivity contribution is -0.164. The summed E-state index contributed by atoms with van der Waals surface area (Å²) in [5, 5.41) is 15.4. The highest BCUT2D eigenvalue weighted by Gasteiger charge is 2.38. The molecular formula is C35H41FN4O5. The predicted octanol–water partition coefficient (Wildman–Crippen LogP) is 6.81. The van der Waals surface area contributed by atoms with Gasteiger partial charge in [-0.3, -0.25) is 0 Å². The maximum Gasteiger partial charge on any atom is 0.339 e. The summed E-state index contributed by atoms with van der Waals surface area (Å²) in [5.41, 5.74) is 3.25. The number of phenolic OH excluding ortho intramolecular Hbond substituents is 1. The first-order chi connectivity index (χ1) is 21.3. The Balaban J connectivity index is 1.66. The van der Waals surface area contributed by atoms with E-state index in [4.69, 9.17) is 24.3 Å². The fourth-order valence-electron chi connectivity index (χ4n) is 5.73. The van der Waals surface area contributed by atoms with E-state index >= 15 is 0 Å². The Kier molecular flexibility index (Phi) is 9.00. The van der Waals surface area contributed by atoms with Crippen LogP contribution in [0.25, 0.3) is 28.0 Å². The number of aryl methyl sites for hydroxylation is 1. The number of halogens is 1. The molecule has 10 heteroatoms. The third kappa shape index (κ3) is 6.87. The number of benzene rings is 2. The van der Waals surface area contributed by atoms with Crippen LogP contribution in [0.5, 0.6) is 5.75 Å². The molecule has 1 fully saturated rings. The van der Waals surface area contributed by atoms with Crippen molar-refractivity contribution in [3.05, 3.63) is 78.3 Å². The van der Waals surface area contributed by atoms with Gasteiger partial charge in [-0.1, -0.05) is 24.3 Å². The second-order valence-electron chi connectivity index (χ2n) is 12.6. The molecule has 0 amide bonds. The summed E-state index contributed by atoms with van der Waals surface area (Å²) in [6.07, 6.45) is 2.21. The number of aromatic nitrogens is 3. The van der Waals surface area contributed by atoms with Gasteiger partial charge in [0.2, 0.25) is 0 Å². The van der Waals surface area contributed by atoms with Crippen LogP contribution in [0.2, 0.25) is 0 Å². The zero-order valence-electron chi connectivity index (χ0n) is 26.8. The zero-order valence-corrected chi connectivity index (χ0v) is 26.8. The standard InChI is InChI=1S/C35H41FN4O5/c1-8-18-44-35(6)14-16-39(17-15-35)32-30(31(33(42)43-7)45-34(3,4)5)22(2)37-29-21-27(38-40(29)32)24-11-9-10-23(19-24)26-20-25(36)12-13-28(26)41/h8-13,19-21,31,41H,1,14-18H2,2-7H3. The summed E-state index contributed by atoms with van der Waals surface area (Å²) in [6, 6.07) is 13.1. The number of phenols is 1. The number of carbonyl (C=O) groups is 1. The van der Waals surface area contributed by atoms with E-state index in [-0.39, 0.29) is 11.4 Å². The third-order valence-electron chi connectivity index (χ3n) is 8.05. The largest absolute Gasteiger partial charge is 0.507 e. The van der Waals surface area contributed by atoms with E-state index in [2.05, 4.69) is 18.4 Å². The smallest absolute Gasteiger partial charge is 0.339 e. The molecule has 0 saturated carbocycles. The van der Waals surface area contributed by atoms with Crippen molar-refractivity contribution >= 4 is 17.4 Å². The van der Waals surface area contributed by atoms with E-state index in [0.717, 1.165) is 18.4 Å². The summed E-state index contributed by atoms with van der Waals surface area (Å²) in [4.78, 5) is 20.4. The summed E-state index contributed by atoms with van der Waals surface area (Å²) in [7, 11) is 1.35. The number of esters is 1. The maximum atomic E-state index is 14.1. The van der Waals surface area contributed by atoms with Crippen molar-refractivity contribution in [2.24, 2.45) is 0 Å². The minimum atomic E-state index is -1.04. The normalized spacial score (nSPS) is 15.7. The molecule has 1 N–H and O–H groups in total. The molecule has 0 bridgehead atoms. The Hall–Kier alpha value is -4.28. The van der Waals surface area contributed by atoms with Crippen LogP contribution in [0.15, 0.2) is 61.2 Å². The molecule has 1 aliphatic rings. The van der Waals surface area contributed by atoms with Gasteiger partial charge in [0.25, 0.3) is 0 Å². The molecule has 5 rings (SSSR count). The number of hydrogen-bond donors (Lipinski definition) is 1. The van der Waals surface area contributed by atoms with Gasteiger partial charge < -0.3 is 24.2 Å². The lowest BCUT2D eigenvalue weighted by Gasteiger charge is -2.41. The number of hydrogen-bond acceptors (Lipinski definition) is 8. The maximum absolute atomic E-state index is 14.1. The topological polar surface area (TPSA) is 98.4 Å². The van der Waals surface area contributed by atoms with Crippen LogP contribution < -0.4 is 4.90 Å². The summed E-state index contributed by atoms with van der Waals surface area (Å²) >= 11 is 0. The van der Waals surface area contributed by atoms with Crippen molar-refractivity contribution in [1.29, 1.82) is 0 Å². The highest BCUT2D eigenvalue weighted by Crippen LogP contribution is 2.39. The van der Waals surface area contributed by atoms with E-state index in [9.17, 15) is 14.3 Å². The minimum Gasteiger partial charge on any atom is -0.507 e. The Bertz CT molecular complexity index is 1720. The van der Waals surface area contributed by atoms with Crippen LogP contribution in [0, 0.1) is 12.7 Å². The van der Waals surface area contributed by atoms with E-state index in [1.165, 1.54) is 25.3 Å². The van der Waals surface area contributed by atoms with Gasteiger partial charge in [-0.05, 0) is 77.3 Å². The van der Waals surface area contributed by atoms with Gasteiger partial charge in [-0.25, -0.2) is 14.2 Å². The van der Waals surface area contributed by atoms with Crippen molar-refractivity contribution in [3.63, 3.8) is 0 Å². The summed E-state index contributed by atoms with van der Waals surface area (Å²) in [5.74, 6) is -0.285. The Morgan fingerprint density at radius 3 is 2.53 bits per heavy atom. The molecule has 1 aliphatic heterocycles. The highest BCUT2D eigenvalue weighted by molar-refractivity contribution is 5.81. The lowest BCUT2D eigenvalue weighted by Crippen LogP contribution is -2.45. The lowest BCUT2D eigenvalue weighted by atomic mass is 9.92. The Morgan fingerprint density at radius 2 is 1.87 bits per heavy atom. The molecule has 1 unspecified atom stereocenters. The van der Waals surface area contributed by atoms with Gasteiger partial charge in [0.05, 0.1) is 36.2 Å². The second kappa shape index (κ2) is 12.6. The first kappa shape index (κ1) is 32.1. The minimum absolute atomic E-state index is 0.0189. The number of aromatic hydroxyl groups is 1. The molecule has 1 saturated heterocycles. The van der Waals surface area contributed by atoms with Crippen molar-refractivity contribution in [3.8, 4) is 28.1 Å². The molecule has 4 aromatic rings. The number of ether oxygens (including phenoxy) is 3. The molecule has 1 atom stereocenters. The fraction of sp³-hybridized carbons (Fsp3) is 0.400. The molecule has 45 heavy (non-hydrogen) atoms. The number of rotatable bonds is 9. The average Bonchev–Trinajstić information content (AvgIpc) is 3.43. The monoisotopic (exact) mass is 616 g/mol. The van der Waals surface area contributed by atoms with Crippen molar-refractivity contribution in [2.45, 2.75) is 64.8 Å². The van der Waals surface area contributed by atoms with Gasteiger partial charge in [0.15, 0.2) is 11.8 Å². The SMILES string of the molecule is C=CCOC1(C)CCN(c2c(C(OC(C)(C)C)C(=O)OC)c(C)nc3cc(-c4cccc(-c5cc(F)ccc5O)c4)nn23)CC1. The van der Waals surface area contributed by atoms with E-state index in [0.29, 0.717) is 59.2 Å². The fourth-order valence-corrected chi connectivity index (χ4v) is 5.73. The van der Waals surface area contributed by atoms with Crippen LogP contribution in [-0.2, 0) is 19.0 Å². The van der Waals surface area contributed by atoms with Crippen molar-refractivity contribution < 1.29 is 28.5 Å². The molecule has 0 aliphatic carbocycles. The van der Waals surface area contributed by atoms with Crippen LogP contribution in [0.4, 0.5) is 10.2 Å². The molecule has 2 aromatic carbocycles. The first-order valence-electron chi connectivity index (χ1n) is 15.1. The molecule has 3 heterocycles. The van der Waals surface area contributed by atoms with E-state index in [1.807, 2.05) is 58.0 Å². The van der Waals surface area contributed by atoms with E-state index in [1.54, 1.807) is 10.6 Å². The molecule has 0 spiro atoms. The Morgan fingerprint density at radius 1 is 1.16 bits per heavy atom. The summed E-state index contributed by atoms with van der Waals surface area (Å²) in [6.45, 7) is 15.2. The molecule has 2 aromatic heterocycles. The van der Waals surface area contributed by atoms with Gasteiger partial charge in [0, 0.05) is 36.0 Å². The van der Waals surface area contributed by atoms with Crippen molar-refractivity contribution in [1.82, 2.24) is 14.6 Å². The highest BCUT2D eigenvalue weighted by atomic mass is 19.1. The molecule has 0 radical (unpaired) electrons. The van der Waals surface area contributed by atoms with Gasteiger partial charge in [-0.2, -0.15) is 9.61 Å². The number of carbonyl (C=O) groups excluding carboxylic acids is 1. The van der Waals surface area contributed by atoms with Crippen LogP contribution in [0.1, 0.15) is 57.9 Å².